The Balaban J connectivity index is 0.000000122. The molecule has 0 aliphatic carbocycles. The van der Waals surface area contributed by atoms with Crippen molar-refractivity contribution in [2.75, 3.05) is 0 Å². The summed E-state index contributed by atoms with van der Waals surface area (Å²) in [5.74, 6) is 2.59. The molecule has 0 amide bonds. The largest absolute Gasteiger partial charge is 0.508 e. The first kappa shape index (κ1) is 89.6. The van der Waals surface area contributed by atoms with Crippen LogP contribution in [0.4, 0.5) is 0 Å². The Morgan fingerprint density at radius 2 is 0.286 bits per heavy atom. The monoisotopic (exact) mass is 1740 g/mol. The molecule has 13 heteroatoms. The second-order valence-corrected chi connectivity index (χ2v) is 31.1. The fourth-order valence-electron chi connectivity index (χ4n) is 15.4. The third kappa shape index (κ3) is 22.8. The summed E-state index contributed by atoms with van der Waals surface area (Å²) in [6, 6.07) is 148. The highest BCUT2D eigenvalue weighted by molar-refractivity contribution is 5.94. The molecule has 0 unspecified atom stereocenters. The number of phenols is 13. The number of benzene rings is 20. The second-order valence-electron chi connectivity index (χ2n) is 31.1. The number of hydrogen-bond acceptors (Lipinski definition) is 13. The summed E-state index contributed by atoms with van der Waals surface area (Å²) < 4.78 is 0. The molecule has 0 spiro atoms. The molecule has 0 saturated carbocycles. The normalized spacial score (nSPS) is 10.5. The zero-order valence-electron chi connectivity index (χ0n) is 71.9. The number of phenolic OH excluding ortho intramolecular Hbond substituents is 13. The molecule has 0 bridgehead atoms. The minimum absolute atomic E-state index is 0.0829. The van der Waals surface area contributed by atoms with Gasteiger partial charge in [-0.2, -0.15) is 0 Å². The van der Waals surface area contributed by atoms with E-state index in [0.29, 0.717) is 33.4 Å². The molecule has 13 nitrogen and oxygen atoms in total. The molecule has 0 aromatic heterocycles. The maximum Gasteiger partial charge on any atom is 0.134 e. The van der Waals surface area contributed by atoms with Crippen LogP contribution in [-0.2, 0) is 0 Å². The number of rotatable bonds is 14. The lowest BCUT2D eigenvalue weighted by molar-refractivity contribution is 0.456. The van der Waals surface area contributed by atoms with E-state index in [2.05, 4.69) is 24.3 Å². The molecule has 0 radical (unpaired) electrons. The van der Waals surface area contributed by atoms with E-state index < -0.39 is 0 Å². The van der Waals surface area contributed by atoms with Crippen LogP contribution in [0.2, 0.25) is 0 Å². The van der Waals surface area contributed by atoms with Crippen molar-refractivity contribution in [3.8, 4) is 231 Å². The fraction of sp³-hybridized carbons (Fsp3) is 0. The Morgan fingerprint density at radius 1 is 0.0902 bits per heavy atom. The Bertz CT molecular complexity index is 6880. The average Bonchev–Trinajstić information content (AvgIpc) is 0.767. The van der Waals surface area contributed by atoms with E-state index in [1.807, 2.05) is 340 Å². The SMILES string of the molecule is Oc1c(-c2ccccc2)cc(-c2ccccc2)c(O)c1-c1ccccc1.Oc1cc(-c2ccccc2)c(O)c(-c2ccccc2)c1.Oc1ccc(-c2cc(-c3ccc(O)cc3)cc(-c3ccc(O)cc3)c2)cc1.Oc1ccc(-c2cccc(-c3ccc(O)cc3)c2)cc1.Oc1ccc(-c2cccc(-c3ccccc3)c2O)cc1.Oc1cccc(-c2cccc(-c3ccccc3)c2O)c1. The summed E-state index contributed by atoms with van der Waals surface area (Å²) in [5, 5.41) is 130. The number of hydrogen-bond donors (Lipinski definition) is 13. The first-order valence-corrected chi connectivity index (χ1v) is 42.8. The van der Waals surface area contributed by atoms with E-state index in [0.717, 1.165) is 122 Å². The maximum absolute atomic E-state index is 11.0. The molecule has 0 aliphatic rings. The van der Waals surface area contributed by atoms with Crippen LogP contribution in [0.5, 0.6) is 74.7 Å². The summed E-state index contributed by atoms with van der Waals surface area (Å²) in [4.78, 5) is 0. The van der Waals surface area contributed by atoms with Gasteiger partial charge < -0.3 is 66.4 Å². The van der Waals surface area contributed by atoms with Crippen LogP contribution >= 0.6 is 0 Å². The Kier molecular flexibility index (Phi) is 28.9. The van der Waals surface area contributed by atoms with Crippen LogP contribution in [0.15, 0.2) is 479 Å². The molecular formula is C120H92O13. The van der Waals surface area contributed by atoms with Gasteiger partial charge in [-0.05, 0) is 233 Å². The molecule has 0 aliphatic heterocycles. The van der Waals surface area contributed by atoms with Gasteiger partial charge in [0.05, 0.1) is 5.56 Å². The number of para-hydroxylation sites is 2. The van der Waals surface area contributed by atoms with E-state index in [1.54, 1.807) is 115 Å². The number of aromatic hydroxyl groups is 13. The molecule has 0 atom stereocenters. The van der Waals surface area contributed by atoms with Crippen LogP contribution in [-0.4, -0.2) is 66.4 Å². The van der Waals surface area contributed by atoms with Gasteiger partial charge >= 0.3 is 0 Å². The maximum atomic E-state index is 11.0. The lowest BCUT2D eigenvalue weighted by Crippen LogP contribution is -1.89. The van der Waals surface area contributed by atoms with E-state index in [4.69, 9.17) is 0 Å². The quantitative estimate of drug-likeness (QED) is 0.0453. The van der Waals surface area contributed by atoms with Crippen LogP contribution in [0.25, 0.3) is 156 Å². The molecule has 0 fully saturated rings. The van der Waals surface area contributed by atoms with Gasteiger partial charge in [-0.1, -0.05) is 352 Å². The highest BCUT2D eigenvalue weighted by Gasteiger charge is 2.22. The van der Waals surface area contributed by atoms with Crippen molar-refractivity contribution in [1.29, 1.82) is 0 Å². The van der Waals surface area contributed by atoms with Crippen molar-refractivity contribution in [3.05, 3.63) is 479 Å². The van der Waals surface area contributed by atoms with Crippen molar-refractivity contribution < 1.29 is 66.4 Å². The summed E-state index contributed by atoms with van der Waals surface area (Å²) in [7, 11) is 0. The van der Waals surface area contributed by atoms with Crippen LogP contribution in [0.1, 0.15) is 0 Å². The summed E-state index contributed by atoms with van der Waals surface area (Å²) in [6.07, 6.45) is 0. The third-order valence-electron chi connectivity index (χ3n) is 22.1. The molecule has 133 heavy (non-hydrogen) atoms. The first-order valence-electron chi connectivity index (χ1n) is 42.8. The van der Waals surface area contributed by atoms with Crippen molar-refractivity contribution >= 4 is 0 Å². The van der Waals surface area contributed by atoms with E-state index in [-0.39, 0.29) is 74.7 Å². The van der Waals surface area contributed by atoms with E-state index in [9.17, 15) is 66.4 Å². The van der Waals surface area contributed by atoms with Gasteiger partial charge in [0.15, 0.2) is 0 Å². The van der Waals surface area contributed by atoms with E-state index in [1.165, 1.54) is 0 Å². The minimum Gasteiger partial charge on any atom is -0.508 e. The Morgan fingerprint density at radius 3 is 0.571 bits per heavy atom. The zero-order valence-corrected chi connectivity index (χ0v) is 71.9. The summed E-state index contributed by atoms with van der Waals surface area (Å²) in [5.41, 5.74) is 24.4. The molecule has 650 valence electrons. The molecule has 13 N–H and O–H groups in total. The second kappa shape index (κ2) is 42.9. The van der Waals surface area contributed by atoms with E-state index >= 15 is 0 Å². The van der Waals surface area contributed by atoms with Gasteiger partial charge in [-0.3, -0.25) is 0 Å². The predicted molar refractivity (Wildman–Crippen MR) is 536 cm³/mol. The molecule has 0 saturated heterocycles. The van der Waals surface area contributed by atoms with Crippen LogP contribution < -0.4 is 0 Å². The average molecular weight is 1740 g/mol. The van der Waals surface area contributed by atoms with Crippen molar-refractivity contribution in [3.63, 3.8) is 0 Å². The summed E-state index contributed by atoms with van der Waals surface area (Å²) in [6.45, 7) is 0. The predicted octanol–water partition coefficient (Wildman–Crippen LogP) is 29.6. The van der Waals surface area contributed by atoms with Gasteiger partial charge in [-0.25, -0.2) is 0 Å². The fourth-order valence-corrected chi connectivity index (χ4v) is 15.4. The highest BCUT2D eigenvalue weighted by Crippen LogP contribution is 2.50. The van der Waals surface area contributed by atoms with Crippen LogP contribution in [0, 0.1) is 0 Å². The minimum atomic E-state index is 0.0829. The highest BCUT2D eigenvalue weighted by atomic mass is 16.3. The zero-order chi connectivity index (χ0) is 92.5. The van der Waals surface area contributed by atoms with Gasteiger partial charge in [-0.15, -0.1) is 0 Å². The molecule has 0 heterocycles. The Labute approximate surface area is 771 Å². The van der Waals surface area contributed by atoms with Crippen molar-refractivity contribution in [1.82, 2.24) is 0 Å². The lowest BCUT2D eigenvalue weighted by atomic mass is 9.91. The summed E-state index contributed by atoms with van der Waals surface area (Å²) >= 11 is 0. The van der Waals surface area contributed by atoms with Crippen LogP contribution in [0.3, 0.4) is 0 Å². The molecular weight excluding hydrogens is 1650 g/mol. The van der Waals surface area contributed by atoms with Gasteiger partial charge in [0.1, 0.15) is 74.7 Å². The smallest absolute Gasteiger partial charge is 0.134 e. The lowest BCUT2D eigenvalue weighted by Gasteiger charge is -2.17. The van der Waals surface area contributed by atoms with Gasteiger partial charge in [0.2, 0.25) is 0 Å². The molecule has 20 aromatic carbocycles. The van der Waals surface area contributed by atoms with Crippen molar-refractivity contribution in [2.45, 2.75) is 0 Å². The first-order chi connectivity index (χ1) is 64.8. The third-order valence-corrected chi connectivity index (χ3v) is 22.1. The van der Waals surface area contributed by atoms with Crippen molar-refractivity contribution in [2.24, 2.45) is 0 Å². The molecule has 20 rings (SSSR count). The molecule has 20 aromatic rings. The van der Waals surface area contributed by atoms with Gasteiger partial charge in [0, 0.05) is 44.5 Å². The Hall–Kier alpha value is -18.2. The van der Waals surface area contributed by atoms with Gasteiger partial charge in [0.25, 0.3) is 0 Å². The topological polar surface area (TPSA) is 263 Å². The standard InChI is InChI=1S/C24H18O3.C24H18O2.4C18H14O2/c25-22-7-1-16(2-8-22)19-13-20(17-3-9-23(26)10-4-17)15-21(14-19)18-5-11-24(27)12-6-18;25-23-20(17-10-4-1-5-11-17)16-21(18-12-6-2-7-13-18)24(26)22(23)19-14-8-3-9-15-19;19-15-11-16(13-7-3-1-4-8-13)18(20)17(12-15)14-9-5-2-6-10-14;19-17-8-4-13(5-9-17)15-2-1-3-16(12-15)14-6-10-18(20)11-7-14;19-15-9-4-8-14(12-15)17-11-5-10-16(18(17)20)13-6-2-1-3-7-13;19-15-11-9-14(10-12-15)17-8-4-7-16(18(17)20)13-5-2-1-3-6-13/h1-15,25-27H;1-16,25-26H;4*1-12,19-20H.